The van der Waals surface area contributed by atoms with Gasteiger partial charge in [0.1, 0.15) is 6.54 Å². The van der Waals surface area contributed by atoms with E-state index in [-0.39, 0.29) is 41.3 Å². The summed E-state index contributed by atoms with van der Waals surface area (Å²) < 4.78 is 5.11. The molecule has 6 atom stereocenters. The molecule has 4 aliphatic carbocycles. The fraction of sp³-hybridized carbons (Fsp3) is 0.478. The van der Waals surface area contributed by atoms with E-state index in [2.05, 4.69) is 12.2 Å². The maximum absolute atomic E-state index is 12.9. The zero-order chi connectivity index (χ0) is 20.4. The van der Waals surface area contributed by atoms with Crippen molar-refractivity contribution in [2.75, 3.05) is 13.2 Å². The number of ether oxygens (including phenoxy) is 1. The van der Waals surface area contributed by atoms with E-state index in [1.165, 1.54) is 0 Å². The highest BCUT2D eigenvalue weighted by Gasteiger charge is 2.67. The van der Waals surface area contributed by atoms with Crippen molar-refractivity contribution < 1.29 is 23.9 Å². The molecule has 29 heavy (non-hydrogen) atoms. The van der Waals surface area contributed by atoms with Crippen LogP contribution in [0.25, 0.3) is 0 Å². The van der Waals surface area contributed by atoms with Gasteiger partial charge in [-0.1, -0.05) is 29.8 Å². The Labute approximate surface area is 168 Å². The minimum Gasteiger partial charge on any atom is -0.456 e. The van der Waals surface area contributed by atoms with Gasteiger partial charge in [-0.3, -0.25) is 24.1 Å². The van der Waals surface area contributed by atoms with Crippen molar-refractivity contribution in [2.24, 2.45) is 35.5 Å². The second-order valence-electron chi connectivity index (χ2n) is 8.82. The first-order chi connectivity index (χ1) is 13.9. The Morgan fingerprint density at radius 3 is 2.28 bits per heavy atom. The third-order valence-electron chi connectivity index (χ3n) is 7.10. The Hall–Kier alpha value is -2.76. The van der Waals surface area contributed by atoms with Crippen molar-refractivity contribution in [3.05, 3.63) is 47.0 Å². The molecule has 0 spiro atoms. The van der Waals surface area contributed by atoms with Crippen molar-refractivity contribution in [3.63, 3.8) is 0 Å². The van der Waals surface area contributed by atoms with Crippen LogP contribution >= 0.6 is 0 Å². The predicted molar refractivity (Wildman–Crippen MR) is 103 cm³/mol. The number of carbonyl (C=O) groups excluding carboxylic acids is 4. The van der Waals surface area contributed by atoms with Crippen LogP contribution in [0.15, 0.2) is 30.4 Å². The van der Waals surface area contributed by atoms with Crippen LogP contribution in [0, 0.1) is 49.4 Å². The number of ketones is 1. The van der Waals surface area contributed by atoms with Crippen molar-refractivity contribution in [2.45, 2.75) is 20.3 Å². The molecule has 1 aromatic rings. The normalized spacial score (nSPS) is 33.5. The van der Waals surface area contributed by atoms with Gasteiger partial charge in [0.05, 0.1) is 11.8 Å². The van der Waals surface area contributed by atoms with Crippen LogP contribution in [0.3, 0.4) is 0 Å². The Balaban J connectivity index is 1.23. The molecular formula is C23H23NO5. The van der Waals surface area contributed by atoms with Gasteiger partial charge in [0.2, 0.25) is 17.6 Å². The second kappa shape index (κ2) is 6.37. The van der Waals surface area contributed by atoms with Gasteiger partial charge in [-0.05, 0) is 55.6 Å². The number of hydrogen-bond acceptors (Lipinski definition) is 5. The Morgan fingerprint density at radius 2 is 1.66 bits per heavy atom. The third-order valence-corrected chi connectivity index (χ3v) is 7.10. The second-order valence-corrected chi connectivity index (χ2v) is 8.82. The van der Waals surface area contributed by atoms with Crippen molar-refractivity contribution in [3.8, 4) is 0 Å². The molecule has 3 fully saturated rings. The number of allylic oxidation sites excluding steroid dienone is 2. The molecule has 0 aromatic heterocycles. The van der Waals surface area contributed by atoms with E-state index in [1.807, 2.05) is 26.0 Å². The Bertz CT molecular complexity index is 943. The van der Waals surface area contributed by atoms with E-state index >= 15 is 0 Å². The molecule has 0 radical (unpaired) electrons. The zero-order valence-corrected chi connectivity index (χ0v) is 16.5. The quantitative estimate of drug-likeness (QED) is 0.331. The Morgan fingerprint density at radius 1 is 1.03 bits per heavy atom. The number of amides is 2. The summed E-state index contributed by atoms with van der Waals surface area (Å²) in [5, 5.41) is 0. The minimum atomic E-state index is -0.727. The highest BCUT2D eigenvalue weighted by Crippen LogP contribution is 2.65. The first-order valence-electron chi connectivity index (χ1n) is 10.2. The maximum Gasteiger partial charge on any atom is 0.326 e. The lowest BCUT2D eigenvalue weighted by Crippen LogP contribution is -2.40. The predicted octanol–water partition coefficient (Wildman–Crippen LogP) is 2.08. The number of benzene rings is 1. The number of carbonyl (C=O) groups is 4. The molecular weight excluding hydrogens is 370 g/mol. The lowest BCUT2D eigenvalue weighted by atomic mass is 9.63. The highest BCUT2D eigenvalue weighted by molar-refractivity contribution is 6.08. The molecule has 150 valence electrons. The first kappa shape index (κ1) is 18.3. The summed E-state index contributed by atoms with van der Waals surface area (Å²) in [4.78, 5) is 51.5. The molecule has 2 bridgehead atoms. The average molecular weight is 393 g/mol. The van der Waals surface area contributed by atoms with Crippen LogP contribution < -0.4 is 0 Å². The lowest BCUT2D eigenvalue weighted by molar-refractivity contribution is -0.152. The van der Waals surface area contributed by atoms with Gasteiger partial charge in [-0.15, -0.1) is 0 Å². The monoisotopic (exact) mass is 393 g/mol. The fourth-order valence-corrected chi connectivity index (χ4v) is 5.61. The summed E-state index contributed by atoms with van der Waals surface area (Å²) in [6.07, 6.45) is 5.28. The van der Waals surface area contributed by atoms with Gasteiger partial charge in [-0.25, -0.2) is 0 Å². The molecule has 1 aliphatic heterocycles. The van der Waals surface area contributed by atoms with Gasteiger partial charge >= 0.3 is 5.97 Å². The molecule has 1 heterocycles. The number of aryl methyl sites for hydroxylation is 2. The summed E-state index contributed by atoms with van der Waals surface area (Å²) in [5.41, 5.74) is 2.27. The number of likely N-dealkylation sites (tertiary alicyclic amines) is 1. The maximum atomic E-state index is 12.9. The SMILES string of the molecule is Cc1ccc(C)c(C(=O)COC(=O)CN2C(=O)[C@@H]3[C@H]4C=C[C@@H]([C@@H]5C[C@H]45)[C@H]3C2=O)c1. The van der Waals surface area contributed by atoms with Crippen molar-refractivity contribution >= 4 is 23.6 Å². The molecule has 0 N–H and O–H groups in total. The van der Waals surface area contributed by atoms with Gasteiger partial charge in [0, 0.05) is 5.56 Å². The zero-order valence-electron chi connectivity index (χ0n) is 16.5. The number of rotatable bonds is 5. The largest absolute Gasteiger partial charge is 0.456 e. The van der Waals surface area contributed by atoms with E-state index < -0.39 is 19.1 Å². The summed E-state index contributed by atoms with van der Waals surface area (Å²) in [6, 6.07) is 5.52. The van der Waals surface area contributed by atoms with Gasteiger partial charge in [0.15, 0.2) is 6.61 Å². The topological polar surface area (TPSA) is 80.8 Å². The molecule has 6 heteroatoms. The van der Waals surface area contributed by atoms with E-state index in [4.69, 9.17) is 4.74 Å². The van der Waals surface area contributed by atoms with Crippen molar-refractivity contribution in [1.29, 1.82) is 0 Å². The van der Waals surface area contributed by atoms with Crippen LogP contribution in [0.2, 0.25) is 0 Å². The summed E-state index contributed by atoms with van der Waals surface area (Å²) in [6.45, 7) is 2.89. The minimum absolute atomic E-state index is 0.123. The molecule has 0 unspecified atom stereocenters. The first-order valence-corrected chi connectivity index (χ1v) is 10.2. The smallest absolute Gasteiger partial charge is 0.326 e. The van der Waals surface area contributed by atoms with Crippen LogP contribution in [0.4, 0.5) is 0 Å². The number of esters is 1. The van der Waals surface area contributed by atoms with Gasteiger partial charge in [0.25, 0.3) is 0 Å². The molecule has 6 nitrogen and oxygen atoms in total. The summed E-state index contributed by atoms with van der Waals surface area (Å²) >= 11 is 0. The van der Waals surface area contributed by atoms with Crippen LogP contribution in [0.5, 0.6) is 0 Å². The highest BCUT2D eigenvalue weighted by atomic mass is 16.5. The van der Waals surface area contributed by atoms with E-state index in [9.17, 15) is 19.2 Å². The van der Waals surface area contributed by atoms with Gasteiger partial charge in [-0.2, -0.15) is 0 Å². The number of nitrogens with zero attached hydrogens (tertiary/aromatic N) is 1. The molecule has 5 aliphatic rings. The van der Waals surface area contributed by atoms with E-state index in [0.717, 1.165) is 22.4 Å². The van der Waals surface area contributed by atoms with E-state index in [1.54, 1.807) is 6.07 Å². The molecule has 2 amide bonds. The summed E-state index contributed by atoms with van der Waals surface area (Å²) in [7, 11) is 0. The third kappa shape index (κ3) is 2.76. The Kier molecular flexibility index (Phi) is 4.02. The average Bonchev–Trinajstić information content (AvgIpc) is 3.49. The number of hydrogen-bond donors (Lipinski definition) is 0. The molecule has 2 saturated carbocycles. The van der Waals surface area contributed by atoms with Crippen molar-refractivity contribution in [1.82, 2.24) is 4.90 Å². The van der Waals surface area contributed by atoms with E-state index in [0.29, 0.717) is 17.4 Å². The molecule has 6 rings (SSSR count). The number of imide groups is 1. The lowest BCUT2D eigenvalue weighted by Gasteiger charge is -2.37. The fourth-order valence-electron chi connectivity index (χ4n) is 5.61. The molecule has 1 saturated heterocycles. The number of Topliss-reactive ketones (excluding diaryl/α,β-unsaturated/α-hetero) is 1. The van der Waals surface area contributed by atoms with Gasteiger partial charge < -0.3 is 4.74 Å². The van der Waals surface area contributed by atoms with Crippen LogP contribution in [0.1, 0.15) is 27.9 Å². The van der Waals surface area contributed by atoms with Crippen LogP contribution in [-0.4, -0.2) is 41.6 Å². The molecule has 1 aromatic carbocycles. The summed E-state index contributed by atoms with van der Waals surface area (Å²) in [5.74, 6) is -0.919. The van der Waals surface area contributed by atoms with Crippen LogP contribution in [-0.2, 0) is 19.1 Å². The standard InChI is InChI=1S/C23H23NO5/c1-11-3-4-12(2)15(7-11)18(25)10-29-19(26)9-24-22(27)20-13-5-6-14(17-8-16(13)17)21(20)23(24)28/h3-7,13-14,16-17,20-21H,8-10H2,1-2H3/t13-,14-,16-,17+,20+,21+/m0/s1.